The van der Waals surface area contributed by atoms with Crippen molar-refractivity contribution in [2.75, 3.05) is 0 Å². The van der Waals surface area contributed by atoms with E-state index < -0.39 is 5.97 Å². The molecule has 0 aliphatic heterocycles. The van der Waals surface area contributed by atoms with Gasteiger partial charge in [0.25, 0.3) is 0 Å². The average Bonchev–Trinajstić information content (AvgIpc) is 3.54. The van der Waals surface area contributed by atoms with Gasteiger partial charge in [0.1, 0.15) is 4.91 Å². The summed E-state index contributed by atoms with van der Waals surface area (Å²) in [4.78, 5) is 12.6. The van der Waals surface area contributed by atoms with Gasteiger partial charge in [-0.2, -0.15) is 0 Å². The van der Waals surface area contributed by atoms with E-state index in [1.807, 2.05) is 54.1 Å². The van der Waals surface area contributed by atoms with Gasteiger partial charge in [0, 0.05) is 46.3 Å². The fourth-order valence-corrected chi connectivity index (χ4v) is 5.97. The molecule has 4 aromatic carbocycles. The molecule has 198 valence electrons. The molecule has 0 atom stereocenters. The zero-order valence-corrected chi connectivity index (χ0v) is 23.2. The van der Waals surface area contributed by atoms with Crippen LogP contribution in [-0.4, -0.2) is 30.4 Å². The lowest BCUT2D eigenvalue weighted by Gasteiger charge is -2.09. The molecule has 0 spiro atoms. The van der Waals surface area contributed by atoms with Crippen molar-refractivity contribution in [3.8, 4) is 11.4 Å². The largest absolute Gasteiger partial charge is 0.477 e. The summed E-state index contributed by atoms with van der Waals surface area (Å²) >= 11 is 7.15. The fraction of sp³-hybridized carbons (Fsp3) is 0.0938. The zero-order chi connectivity index (χ0) is 27.6. The van der Waals surface area contributed by atoms with Crippen LogP contribution < -0.4 is 0 Å². The molecular weight excluding hydrogens is 540 g/mol. The molecule has 0 saturated carbocycles. The first kappa shape index (κ1) is 25.9. The van der Waals surface area contributed by atoms with Crippen LogP contribution in [0.5, 0.6) is 0 Å². The average molecular weight is 565 g/mol. The first-order valence-corrected chi connectivity index (χ1v) is 14.1. The molecule has 6 nitrogen and oxygen atoms in total. The Hall–Kier alpha value is -4.33. The third-order valence-corrected chi connectivity index (χ3v) is 8.12. The van der Waals surface area contributed by atoms with Gasteiger partial charge in [0.15, 0.2) is 11.0 Å². The van der Waals surface area contributed by atoms with E-state index >= 15 is 0 Å². The molecule has 1 N–H and O–H groups in total. The predicted molar refractivity (Wildman–Crippen MR) is 163 cm³/mol. The summed E-state index contributed by atoms with van der Waals surface area (Å²) in [5.41, 5.74) is 3.94. The Balaban J connectivity index is 1.38. The van der Waals surface area contributed by atoms with Crippen LogP contribution >= 0.6 is 23.4 Å². The maximum absolute atomic E-state index is 12.4. The molecule has 6 rings (SSSR count). The highest BCUT2D eigenvalue weighted by molar-refractivity contribution is 8.04. The first-order chi connectivity index (χ1) is 19.5. The van der Waals surface area contributed by atoms with Crippen molar-refractivity contribution in [2.45, 2.75) is 25.2 Å². The Morgan fingerprint density at radius 2 is 1.65 bits per heavy atom. The zero-order valence-electron chi connectivity index (χ0n) is 21.7. The van der Waals surface area contributed by atoms with Crippen molar-refractivity contribution in [3.63, 3.8) is 0 Å². The minimum Gasteiger partial charge on any atom is -0.477 e. The number of benzene rings is 4. The van der Waals surface area contributed by atoms with Gasteiger partial charge in [-0.05, 0) is 71.4 Å². The number of aromatic nitrogens is 4. The van der Waals surface area contributed by atoms with Gasteiger partial charge in [-0.15, -0.1) is 10.2 Å². The van der Waals surface area contributed by atoms with Crippen LogP contribution in [0.4, 0.5) is 0 Å². The van der Waals surface area contributed by atoms with Crippen LogP contribution in [-0.2, 0) is 17.9 Å². The summed E-state index contributed by atoms with van der Waals surface area (Å²) in [5.74, 6) is -0.354. The van der Waals surface area contributed by atoms with Crippen LogP contribution in [0, 0.1) is 0 Å². The quantitative estimate of drug-likeness (QED) is 0.150. The van der Waals surface area contributed by atoms with Crippen LogP contribution in [0.15, 0.2) is 107 Å². The lowest BCUT2D eigenvalue weighted by Crippen LogP contribution is -2.02. The number of para-hydroxylation sites is 1. The molecule has 2 heterocycles. The van der Waals surface area contributed by atoms with Crippen LogP contribution in [0.25, 0.3) is 39.1 Å². The lowest BCUT2D eigenvalue weighted by molar-refractivity contribution is -0.131. The molecule has 0 saturated heterocycles. The number of rotatable bonds is 8. The predicted octanol–water partition coefficient (Wildman–Crippen LogP) is 7.99. The number of carbonyl (C=O) groups is 1. The molecule has 0 aliphatic carbocycles. The summed E-state index contributed by atoms with van der Waals surface area (Å²) in [7, 11) is 0. The molecular formula is C32H25ClN4O2S. The molecule has 0 bridgehead atoms. The molecule has 6 aromatic rings. The molecule has 2 aromatic heterocycles. The highest BCUT2D eigenvalue weighted by atomic mass is 35.5. The van der Waals surface area contributed by atoms with E-state index in [1.165, 1.54) is 16.3 Å². The van der Waals surface area contributed by atoms with Crippen molar-refractivity contribution in [2.24, 2.45) is 0 Å². The van der Waals surface area contributed by atoms with Gasteiger partial charge < -0.3 is 14.2 Å². The highest BCUT2D eigenvalue weighted by Crippen LogP contribution is 2.33. The Kier molecular flexibility index (Phi) is 7.15. The smallest absolute Gasteiger partial charge is 0.342 e. The van der Waals surface area contributed by atoms with E-state index in [2.05, 4.69) is 57.2 Å². The Labute approximate surface area is 240 Å². The maximum Gasteiger partial charge on any atom is 0.342 e. The van der Waals surface area contributed by atoms with Gasteiger partial charge in [-0.1, -0.05) is 72.3 Å². The van der Waals surface area contributed by atoms with Gasteiger partial charge in [0.2, 0.25) is 0 Å². The monoisotopic (exact) mass is 564 g/mol. The number of aliphatic carboxylic acids is 1. The molecule has 0 fully saturated rings. The minimum absolute atomic E-state index is 0.165. The number of hydrogen-bond acceptors (Lipinski definition) is 4. The number of carboxylic acids is 1. The number of thioether (sulfide) groups is 1. The van der Waals surface area contributed by atoms with Crippen molar-refractivity contribution < 1.29 is 9.90 Å². The number of hydrogen-bond donors (Lipinski definition) is 1. The minimum atomic E-state index is -1.02. The molecule has 0 radical (unpaired) electrons. The number of nitrogens with zero attached hydrogens (tertiary/aromatic N) is 4. The SMILES string of the molecule is CCn1c(S/C(=C\c2cn(Cc3cccc4ccccc34)c3ccccc23)C(=O)O)nnc1-c1ccc(Cl)cc1. The molecule has 40 heavy (non-hydrogen) atoms. The van der Waals surface area contributed by atoms with Crippen molar-refractivity contribution >= 4 is 57.1 Å². The summed E-state index contributed by atoms with van der Waals surface area (Å²) in [6.45, 7) is 3.24. The van der Waals surface area contributed by atoms with Crippen molar-refractivity contribution in [1.82, 2.24) is 19.3 Å². The van der Waals surface area contributed by atoms with Crippen LogP contribution in [0.3, 0.4) is 0 Å². The second kappa shape index (κ2) is 11.0. The maximum atomic E-state index is 12.4. The van der Waals surface area contributed by atoms with E-state index in [1.54, 1.807) is 18.2 Å². The summed E-state index contributed by atoms with van der Waals surface area (Å²) < 4.78 is 4.09. The standard InChI is InChI=1S/C32H25ClN4O2S/c1-2-37-30(22-14-16-25(33)17-15-22)34-35-32(37)40-29(31(38)39)18-24-20-36(28-13-6-5-12-27(24)28)19-23-10-7-9-21-8-3-4-11-26(21)23/h3-18,20H,2,19H2,1H3,(H,38,39)/b29-18-. The normalized spacial score (nSPS) is 11.9. The van der Waals surface area contributed by atoms with Gasteiger partial charge >= 0.3 is 5.97 Å². The van der Waals surface area contributed by atoms with Gasteiger partial charge in [0.05, 0.1) is 0 Å². The molecule has 0 unspecified atom stereocenters. The van der Waals surface area contributed by atoms with Gasteiger partial charge in [-0.25, -0.2) is 4.79 Å². The lowest BCUT2D eigenvalue weighted by atomic mass is 10.0. The van der Waals surface area contributed by atoms with Crippen molar-refractivity contribution in [3.05, 3.63) is 118 Å². The Morgan fingerprint density at radius 3 is 2.42 bits per heavy atom. The molecule has 0 amide bonds. The summed E-state index contributed by atoms with van der Waals surface area (Å²) in [6.07, 6.45) is 3.76. The topological polar surface area (TPSA) is 72.9 Å². The Bertz CT molecular complexity index is 1880. The second-order valence-electron chi connectivity index (χ2n) is 9.34. The van der Waals surface area contributed by atoms with Gasteiger partial charge in [-0.3, -0.25) is 0 Å². The van der Waals surface area contributed by atoms with E-state index in [4.69, 9.17) is 11.6 Å². The third-order valence-electron chi connectivity index (χ3n) is 6.87. The highest BCUT2D eigenvalue weighted by Gasteiger charge is 2.19. The summed E-state index contributed by atoms with van der Waals surface area (Å²) in [6, 6.07) is 30.1. The van der Waals surface area contributed by atoms with E-state index in [0.29, 0.717) is 29.1 Å². The summed E-state index contributed by atoms with van der Waals surface area (Å²) in [5, 5.41) is 23.4. The van der Waals surface area contributed by atoms with E-state index in [0.717, 1.165) is 33.8 Å². The molecule has 0 aliphatic rings. The fourth-order valence-electron chi connectivity index (χ4n) is 4.97. The number of fused-ring (bicyclic) bond motifs is 2. The molecule has 8 heteroatoms. The van der Waals surface area contributed by atoms with E-state index in [9.17, 15) is 9.90 Å². The van der Waals surface area contributed by atoms with Crippen molar-refractivity contribution in [1.29, 1.82) is 0 Å². The number of carboxylic acid groups (broad SMARTS) is 1. The van der Waals surface area contributed by atoms with E-state index in [-0.39, 0.29) is 4.91 Å². The second-order valence-corrected chi connectivity index (χ2v) is 10.8. The third kappa shape index (κ3) is 5.01. The Morgan fingerprint density at radius 1 is 0.925 bits per heavy atom. The number of halogens is 1. The first-order valence-electron chi connectivity index (χ1n) is 12.9. The van der Waals surface area contributed by atoms with Crippen LogP contribution in [0.1, 0.15) is 18.1 Å². The van der Waals surface area contributed by atoms with Crippen LogP contribution in [0.2, 0.25) is 5.02 Å².